The van der Waals surface area contributed by atoms with E-state index in [1.165, 1.54) is 0 Å². The van der Waals surface area contributed by atoms with Crippen molar-refractivity contribution in [1.82, 2.24) is 9.96 Å². The second kappa shape index (κ2) is 6.67. The highest BCUT2D eigenvalue weighted by molar-refractivity contribution is 7.86. The summed E-state index contributed by atoms with van der Waals surface area (Å²) in [6.45, 7) is -0.678. The summed E-state index contributed by atoms with van der Waals surface area (Å²) in [4.78, 5) is 51.2. The molecule has 0 bridgehead atoms. The highest BCUT2D eigenvalue weighted by atomic mass is 32.2. The van der Waals surface area contributed by atoms with Gasteiger partial charge in [-0.2, -0.15) is 8.42 Å². The summed E-state index contributed by atoms with van der Waals surface area (Å²) in [5.41, 5.74) is 0. The van der Waals surface area contributed by atoms with Gasteiger partial charge < -0.3 is 14.8 Å². The summed E-state index contributed by atoms with van der Waals surface area (Å²) in [5.74, 6) is -3.44. The maximum Gasteiger partial charge on any atom is 0.334 e. The van der Waals surface area contributed by atoms with Gasteiger partial charge in [0.2, 0.25) is 5.91 Å². The Balaban J connectivity index is 2.04. The first-order chi connectivity index (χ1) is 11.1. The molecule has 12 heteroatoms. The Labute approximate surface area is 136 Å². The monoisotopic (exact) mass is 362 g/mol. The second-order valence-electron chi connectivity index (χ2n) is 5.15. The van der Waals surface area contributed by atoms with Gasteiger partial charge in [-0.3, -0.25) is 18.9 Å². The first kappa shape index (κ1) is 18.0. The molecule has 24 heavy (non-hydrogen) atoms. The maximum atomic E-state index is 11.8. The predicted octanol–water partition coefficient (Wildman–Crippen LogP) is -2.04. The van der Waals surface area contributed by atoms with Gasteiger partial charge in [-0.15, -0.1) is 5.06 Å². The van der Waals surface area contributed by atoms with Crippen molar-refractivity contribution in [3.05, 3.63) is 12.2 Å². The smallest absolute Gasteiger partial charge is 0.334 e. The van der Waals surface area contributed by atoms with E-state index >= 15 is 0 Å². The van der Waals surface area contributed by atoms with Crippen molar-refractivity contribution in [2.45, 2.75) is 30.7 Å². The number of carbonyl (C=O) groups excluding carboxylic acids is 4. The summed E-state index contributed by atoms with van der Waals surface area (Å²) in [5, 5.41) is 7.98. The van der Waals surface area contributed by atoms with E-state index in [2.05, 4.69) is 4.84 Å². The number of imide groups is 1. The van der Waals surface area contributed by atoms with Crippen LogP contribution in [0.25, 0.3) is 0 Å². The first-order valence-corrected chi connectivity index (χ1v) is 8.29. The van der Waals surface area contributed by atoms with Crippen LogP contribution in [0, 0.1) is 0 Å². The number of aliphatic hydroxyl groups excluding tert-OH is 1. The lowest BCUT2D eigenvalue weighted by molar-refractivity contribution is -0.197. The Bertz CT molecular complexity index is 698. The van der Waals surface area contributed by atoms with E-state index in [0.29, 0.717) is 0 Å². The molecule has 2 atom stereocenters. The maximum absolute atomic E-state index is 11.8. The Kier molecular flexibility index (Phi) is 5.01. The van der Waals surface area contributed by atoms with Crippen LogP contribution in [0.3, 0.4) is 0 Å². The van der Waals surface area contributed by atoms with Crippen molar-refractivity contribution in [3.8, 4) is 0 Å². The van der Waals surface area contributed by atoms with E-state index < -0.39 is 58.3 Å². The number of hydrogen-bond acceptors (Lipinski definition) is 8. The summed E-state index contributed by atoms with van der Waals surface area (Å²) in [6, 6.07) is 0. The average Bonchev–Trinajstić information content (AvgIpc) is 2.95. The van der Waals surface area contributed by atoms with Gasteiger partial charge in [-0.1, -0.05) is 0 Å². The molecule has 2 aliphatic rings. The SMILES string of the molecule is O=C(CC(CN1C(=O)C=CC1O)S(=O)(=O)O)ON1C(=O)CCC1=O. The number of nitrogens with zero attached hydrogens (tertiary/aromatic N) is 2. The lowest BCUT2D eigenvalue weighted by Gasteiger charge is -2.24. The van der Waals surface area contributed by atoms with E-state index in [1.807, 2.05) is 0 Å². The van der Waals surface area contributed by atoms with Crippen LogP contribution in [0.1, 0.15) is 19.3 Å². The van der Waals surface area contributed by atoms with Crippen LogP contribution in [0.15, 0.2) is 12.2 Å². The molecule has 2 unspecified atom stereocenters. The summed E-state index contributed by atoms with van der Waals surface area (Å²) < 4.78 is 32.0. The lowest BCUT2D eigenvalue weighted by Crippen LogP contribution is -2.44. The zero-order valence-corrected chi connectivity index (χ0v) is 13.0. The summed E-state index contributed by atoms with van der Waals surface area (Å²) in [7, 11) is -4.78. The molecule has 0 aromatic carbocycles. The van der Waals surface area contributed by atoms with E-state index in [9.17, 15) is 37.3 Å². The third-order valence-electron chi connectivity index (χ3n) is 3.43. The number of hydroxylamine groups is 2. The molecule has 0 aliphatic carbocycles. The van der Waals surface area contributed by atoms with Crippen LogP contribution in [-0.2, 0) is 34.1 Å². The van der Waals surface area contributed by atoms with Crippen molar-refractivity contribution in [3.63, 3.8) is 0 Å². The minimum Gasteiger partial charge on any atom is -0.370 e. The van der Waals surface area contributed by atoms with Crippen LogP contribution in [-0.4, -0.2) is 69.8 Å². The zero-order chi connectivity index (χ0) is 18.1. The molecule has 2 aliphatic heterocycles. The van der Waals surface area contributed by atoms with Gasteiger partial charge in [0, 0.05) is 25.5 Å². The fraction of sp³-hybridized carbons (Fsp3) is 0.500. The Hall–Kier alpha value is -2.31. The van der Waals surface area contributed by atoms with Crippen LogP contribution in [0.5, 0.6) is 0 Å². The molecule has 2 heterocycles. The number of rotatable bonds is 6. The molecule has 132 valence electrons. The van der Waals surface area contributed by atoms with Gasteiger partial charge in [0.15, 0.2) is 0 Å². The quantitative estimate of drug-likeness (QED) is 0.401. The van der Waals surface area contributed by atoms with Crippen LogP contribution >= 0.6 is 0 Å². The van der Waals surface area contributed by atoms with Gasteiger partial charge >= 0.3 is 5.97 Å². The molecular formula is C12H14N2O9S. The number of aliphatic hydroxyl groups is 1. The average molecular weight is 362 g/mol. The highest BCUT2D eigenvalue weighted by Crippen LogP contribution is 2.17. The second-order valence-corrected chi connectivity index (χ2v) is 6.85. The van der Waals surface area contributed by atoms with Crippen LogP contribution in [0.2, 0.25) is 0 Å². The van der Waals surface area contributed by atoms with E-state index in [1.54, 1.807) is 0 Å². The van der Waals surface area contributed by atoms with Gasteiger partial charge in [-0.25, -0.2) is 4.79 Å². The molecule has 0 saturated carbocycles. The van der Waals surface area contributed by atoms with Crippen LogP contribution < -0.4 is 0 Å². The van der Waals surface area contributed by atoms with Crippen molar-refractivity contribution in [2.24, 2.45) is 0 Å². The molecule has 11 nitrogen and oxygen atoms in total. The van der Waals surface area contributed by atoms with Gasteiger partial charge in [-0.05, 0) is 6.08 Å². The minimum absolute atomic E-state index is 0.131. The molecule has 3 amide bonds. The topological polar surface area (TPSA) is 159 Å². The molecule has 1 fully saturated rings. The van der Waals surface area contributed by atoms with Crippen molar-refractivity contribution in [2.75, 3.05) is 6.54 Å². The summed E-state index contributed by atoms with van der Waals surface area (Å²) >= 11 is 0. The number of hydrogen-bond donors (Lipinski definition) is 2. The molecule has 0 radical (unpaired) electrons. The largest absolute Gasteiger partial charge is 0.370 e. The van der Waals surface area contributed by atoms with E-state index in [-0.39, 0.29) is 17.9 Å². The predicted molar refractivity (Wildman–Crippen MR) is 74.0 cm³/mol. The van der Waals surface area contributed by atoms with Gasteiger partial charge in [0.1, 0.15) is 11.5 Å². The van der Waals surface area contributed by atoms with E-state index in [0.717, 1.165) is 17.1 Å². The lowest BCUT2D eigenvalue weighted by atomic mass is 10.3. The standard InChI is InChI=1S/C12H14N2O9S/c15-8-1-2-9(16)13(8)6-7(24(20,21)22)5-12(19)23-14-10(17)3-4-11(14)18/h1-2,7-8,15H,3-6H2,(H,20,21,22). The molecule has 1 saturated heterocycles. The number of carbonyl (C=O) groups is 4. The van der Waals surface area contributed by atoms with E-state index in [4.69, 9.17) is 0 Å². The molecule has 0 spiro atoms. The normalized spacial score (nSPS) is 22.4. The fourth-order valence-corrected chi connectivity index (χ4v) is 2.86. The van der Waals surface area contributed by atoms with Crippen LogP contribution in [0.4, 0.5) is 0 Å². The third kappa shape index (κ3) is 3.96. The Morgan fingerprint density at radius 3 is 2.33 bits per heavy atom. The highest BCUT2D eigenvalue weighted by Gasteiger charge is 2.37. The molecule has 0 aromatic heterocycles. The number of amides is 3. The molecule has 2 rings (SSSR count). The zero-order valence-electron chi connectivity index (χ0n) is 12.2. The van der Waals surface area contributed by atoms with Gasteiger partial charge in [0.25, 0.3) is 21.9 Å². The molecule has 2 N–H and O–H groups in total. The first-order valence-electron chi connectivity index (χ1n) is 6.79. The fourth-order valence-electron chi connectivity index (χ4n) is 2.16. The summed E-state index contributed by atoms with van der Waals surface area (Å²) in [6.07, 6.45) is -0.469. The Morgan fingerprint density at radius 1 is 1.29 bits per heavy atom. The van der Waals surface area contributed by atoms with Crippen molar-refractivity contribution in [1.29, 1.82) is 0 Å². The molecular weight excluding hydrogens is 348 g/mol. The van der Waals surface area contributed by atoms with Gasteiger partial charge in [0.05, 0.1) is 6.42 Å². The molecule has 0 aromatic rings. The Morgan fingerprint density at radius 2 is 1.88 bits per heavy atom. The van der Waals surface area contributed by atoms with Crippen molar-refractivity contribution >= 4 is 33.8 Å². The van der Waals surface area contributed by atoms with Crippen molar-refractivity contribution < 1.29 is 42.1 Å². The third-order valence-corrected chi connectivity index (χ3v) is 4.59. The minimum atomic E-state index is -4.78.